The smallest absolute Gasteiger partial charge is 0.119 e. The molecule has 0 radical (unpaired) electrons. The van der Waals surface area contributed by atoms with E-state index in [-0.39, 0.29) is 6.67 Å². The number of alkyl halides is 1. The standard InChI is InChI=1S/C16H24FNO/c1-2-10-18-16-6-3-5-13-12-14(7-8-15(13)16)19-11-4-9-17/h7-8,12,16,18H,2-6,9-11H2,1H3. The van der Waals surface area contributed by atoms with Crippen molar-refractivity contribution in [3.05, 3.63) is 29.3 Å². The average Bonchev–Trinajstić information content (AvgIpc) is 2.45. The van der Waals surface area contributed by atoms with Gasteiger partial charge in [-0.2, -0.15) is 0 Å². The second-order valence-electron chi connectivity index (χ2n) is 5.15. The van der Waals surface area contributed by atoms with Gasteiger partial charge in [0.2, 0.25) is 0 Å². The molecular weight excluding hydrogens is 241 g/mol. The zero-order valence-corrected chi connectivity index (χ0v) is 11.8. The van der Waals surface area contributed by atoms with Crippen molar-refractivity contribution in [3.63, 3.8) is 0 Å². The van der Waals surface area contributed by atoms with E-state index in [0.717, 1.165) is 25.1 Å². The number of halogens is 1. The Balaban J connectivity index is 2.02. The summed E-state index contributed by atoms with van der Waals surface area (Å²) in [6, 6.07) is 6.81. The highest BCUT2D eigenvalue weighted by molar-refractivity contribution is 5.39. The first-order chi connectivity index (χ1) is 9.35. The third kappa shape index (κ3) is 3.93. The Hall–Kier alpha value is -1.09. The molecule has 1 aromatic rings. The number of rotatable bonds is 7. The molecule has 0 heterocycles. The molecule has 106 valence electrons. The molecule has 19 heavy (non-hydrogen) atoms. The van der Waals surface area contributed by atoms with Gasteiger partial charge in [-0.15, -0.1) is 0 Å². The molecular formula is C16H24FNO. The van der Waals surface area contributed by atoms with Crippen molar-refractivity contribution in [1.29, 1.82) is 0 Å². The lowest BCUT2D eigenvalue weighted by atomic mass is 9.87. The Kier molecular flexibility index (Phi) is 5.64. The van der Waals surface area contributed by atoms with E-state index in [9.17, 15) is 4.39 Å². The highest BCUT2D eigenvalue weighted by atomic mass is 19.1. The third-order valence-corrected chi connectivity index (χ3v) is 3.62. The Morgan fingerprint density at radius 3 is 3.11 bits per heavy atom. The van der Waals surface area contributed by atoms with Crippen LogP contribution in [0.5, 0.6) is 5.75 Å². The van der Waals surface area contributed by atoms with Crippen LogP contribution >= 0.6 is 0 Å². The van der Waals surface area contributed by atoms with Gasteiger partial charge in [0, 0.05) is 12.5 Å². The van der Waals surface area contributed by atoms with Gasteiger partial charge in [-0.1, -0.05) is 13.0 Å². The van der Waals surface area contributed by atoms with Gasteiger partial charge in [0.15, 0.2) is 0 Å². The van der Waals surface area contributed by atoms with Gasteiger partial charge in [-0.3, -0.25) is 4.39 Å². The van der Waals surface area contributed by atoms with Crippen LogP contribution in [0.25, 0.3) is 0 Å². The normalized spacial score (nSPS) is 18.1. The van der Waals surface area contributed by atoms with Crippen LogP contribution in [0.1, 0.15) is 49.8 Å². The molecule has 0 saturated heterocycles. The summed E-state index contributed by atoms with van der Waals surface area (Å²) in [7, 11) is 0. The molecule has 0 fully saturated rings. The van der Waals surface area contributed by atoms with E-state index >= 15 is 0 Å². The number of benzene rings is 1. The average molecular weight is 265 g/mol. The van der Waals surface area contributed by atoms with Crippen LogP contribution in [-0.4, -0.2) is 19.8 Å². The van der Waals surface area contributed by atoms with Gasteiger partial charge < -0.3 is 10.1 Å². The molecule has 1 aliphatic rings. The molecule has 2 rings (SSSR count). The zero-order chi connectivity index (χ0) is 13.5. The predicted octanol–water partition coefficient (Wildman–Crippen LogP) is 3.80. The molecule has 2 nitrogen and oxygen atoms in total. The maximum atomic E-state index is 12.1. The summed E-state index contributed by atoms with van der Waals surface area (Å²) in [5.41, 5.74) is 2.80. The molecule has 0 saturated carbocycles. The molecule has 0 aromatic heterocycles. The lowest BCUT2D eigenvalue weighted by Crippen LogP contribution is -2.25. The van der Waals surface area contributed by atoms with Crippen molar-refractivity contribution in [1.82, 2.24) is 5.32 Å². The first kappa shape index (κ1) is 14.3. The fourth-order valence-corrected chi connectivity index (χ4v) is 2.66. The lowest BCUT2D eigenvalue weighted by Gasteiger charge is -2.27. The summed E-state index contributed by atoms with van der Waals surface area (Å²) in [5, 5.41) is 3.61. The number of hydrogen-bond donors (Lipinski definition) is 1. The maximum Gasteiger partial charge on any atom is 0.119 e. The monoisotopic (exact) mass is 265 g/mol. The zero-order valence-electron chi connectivity index (χ0n) is 11.8. The fraction of sp³-hybridized carbons (Fsp3) is 0.625. The van der Waals surface area contributed by atoms with E-state index in [1.54, 1.807) is 0 Å². The SMILES string of the molecule is CCCNC1CCCc2cc(OCCCF)ccc21. The second-order valence-corrected chi connectivity index (χ2v) is 5.15. The van der Waals surface area contributed by atoms with Crippen molar-refractivity contribution in [2.45, 2.75) is 45.1 Å². The topological polar surface area (TPSA) is 21.3 Å². The second kappa shape index (κ2) is 7.49. The third-order valence-electron chi connectivity index (χ3n) is 3.62. The lowest BCUT2D eigenvalue weighted by molar-refractivity contribution is 0.289. The van der Waals surface area contributed by atoms with E-state index < -0.39 is 0 Å². The first-order valence-electron chi connectivity index (χ1n) is 7.40. The van der Waals surface area contributed by atoms with Crippen LogP contribution in [0.4, 0.5) is 4.39 Å². The van der Waals surface area contributed by atoms with E-state index in [4.69, 9.17) is 4.74 Å². The van der Waals surface area contributed by atoms with Crippen molar-refractivity contribution in [3.8, 4) is 5.75 Å². The molecule has 1 atom stereocenters. The molecule has 3 heteroatoms. The van der Waals surface area contributed by atoms with Crippen molar-refractivity contribution in [2.24, 2.45) is 0 Å². The van der Waals surface area contributed by atoms with Crippen LogP contribution in [-0.2, 0) is 6.42 Å². The van der Waals surface area contributed by atoms with Crippen molar-refractivity contribution < 1.29 is 9.13 Å². The van der Waals surface area contributed by atoms with E-state index in [2.05, 4.69) is 24.4 Å². The van der Waals surface area contributed by atoms with Crippen LogP contribution in [0.2, 0.25) is 0 Å². The van der Waals surface area contributed by atoms with Crippen molar-refractivity contribution >= 4 is 0 Å². The molecule has 0 bridgehead atoms. The number of fused-ring (bicyclic) bond motifs is 1. The molecule has 1 N–H and O–H groups in total. The minimum Gasteiger partial charge on any atom is -0.493 e. The Morgan fingerprint density at radius 1 is 1.42 bits per heavy atom. The summed E-state index contributed by atoms with van der Waals surface area (Å²) in [5.74, 6) is 0.878. The largest absolute Gasteiger partial charge is 0.493 e. The Morgan fingerprint density at radius 2 is 2.32 bits per heavy atom. The van der Waals surface area contributed by atoms with Gasteiger partial charge in [-0.05, 0) is 55.5 Å². The Bertz CT molecular complexity index is 394. The maximum absolute atomic E-state index is 12.1. The number of hydrogen-bond acceptors (Lipinski definition) is 2. The number of ether oxygens (including phenoxy) is 1. The van der Waals surface area contributed by atoms with Crippen LogP contribution < -0.4 is 10.1 Å². The quantitative estimate of drug-likeness (QED) is 0.757. The van der Waals surface area contributed by atoms with Gasteiger partial charge >= 0.3 is 0 Å². The summed E-state index contributed by atoms with van der Waals surface area (Å²) in [6.07, 6.45) is 5.20. The fourth-order valence-electron chi connectivity index (χ4n) is 2.66. The minimum absolute atomic E-state index is 0.312. The van der Waals surface area contributed by atoms with Crippen LogP contribution in [0, 0.1) is 0 Å². The molecule has 1 aliphatic carbocycles. The minimum atomic E-state index is -0.312. The molecule has 0 aliphatic heterocycles. The van der Waals surface area contributed by atoms with Crippen molar-refractivity contribution in [2.75, 3.05) is 19.8 Å². The van der Waals surface area contributed by atoms with Gasteiger partial charge in [-0.25, -0.2) is 0 Å². The van der Waals surface area contributed by atoms with E-state index in [1.165, 1.54) is 24.0 Å². The van der Waals surface area contributed by atoms with Gasteiger partial charge in [0.05, 0.1) is 13.3 Å². The highest BCUT2D eigenvalue weighted by Crippen LogP contribution is 2.32. The summed E-state index contributed by atoms with van der Waals surface area (Å²) in [6.45, 7) is 3.41. The summed E-state index contributed by atoms with van der Waals surface area (Å²) < 4.78 is 17.6. The highest BCUT2D eigenvalue weighted by Gasteiger charge is 2.19. The van der Waals surface area contributed by atoms with E-state index in [1.807, 2.05) is 6.07 Å². The molecule has 1 aromatic carbocycles. The summed E-state index contributed by atoms with van der Waals surface area (Å²) >= 11 is 0. The number of aryl methyl sites for hydroxylation is 1. The molecule has 0 spiro atoms. The first-order valence-corrected chi connectivity index (χ1v) is 7.40. The predicted molar refractivity (Wildman–Crippen MR) is 76.5 cm³/mol. The van der Waals surface area contributed by atoms with Crippen LogP contribution in [0.3, 0.4) is 0 Å². The van der Waals surface area contributed by atoms with Gasteiger partial charge in [0.25, 0.3) is 0 Å². The van der Waals surface area contributed by atoms with Gasteiger partial charge in [0.1, 0.15) is 5.75 Å². The van der Waals surface area contributed by atoms with Crippen LogP contribution in [0.15, 0.2) is 18.2 Å². The van der Waals surface area contributed by atoms with E-state index in [0.29, 0.717) is 19.1 Å². The number of nitrogens with one attached hydrogen (secondary N) is 1. The Labute approximate surface area is 115 Å². The summed E-state index contributed by atoms with van der Waals surface area (Å²) in [4.78, 5) is 0. The molecule has 1 unspecified atom stereocenters. The molecule has 0 amide bonds.